The molecule has 1 fully saturated rings. The van der Waals surface area contributed by atoms with E-state index in [0.29, 0.717) is 39.4 Å². The van der Waals surface area contributed by atoms with Crippen molar-refractivity contribution in [3.05, 3.63) is 105 Å². The summed E-state index contributed by atoms with van der Waals surface area (Å²) in [5.74, 6) is 0.687. The average molecular weight is 488 g/mol. The van der Waals surface area contributed by atoms with Crippen molar-refractivity contribution < 1.29 is 13.2 Å². The highest BCUT2D eigenvalue weighted by Crippen LogP contribution is 2.39. The van der Waals surface area contributed by atoms with Crippen LogP contribution in [0.25, 0.3) is 4.91 Å². The zero-order valence-electron chi connectivity index (χ0n) is 17.8. The number of sulfone groups is 1. The van der Waals surface area contributed by atoms with Crippen molar-refractivity contribution in [1.82, 2.24) is 4.90 Å². The fourth-order valence-electron chi connectivity index (χ4n) is 4.10. The van der Waals surface area contributed by atoms with Crippen molar-refractivity contribution in [2.75, 3.05) is 26.5 Å². The lowest BCUT2D eigenvalue weighted by molar-refractivity contribution is 0.203. The van der Waals surface area contributed by atoms with E-state index >= 15 is 0 Å². The van der Waals surface area contributed by atoms with Gasteiger partial charge in [-0.1, -0.05) is 47.5 Å². The number of rotatable bonds is 6. The molecule has 0 unspecified atom stereocenters. The quantitative estimate of drug-likeness (QED) is 0.436. The van der Waals surface area contributed by atoms with Gasteiger partial charge in [-0.3, -0.25) is 4.90 Å². The second-order valence-electron chi connectivity index (χ2n) is 7.84. The van der Waals surface area contributed by atoms with Gasteiger partial charge in [-0.05, 0) is 70.8 Å². The first-order valence-corrected chi connectivity index (χ1v) is 12.7. The Bertz CT molecular complexity index is 1180. The van der Waals surface area contributed by atoms with Gasteiger partial charge in [0, 0.05) is 29.4 Å². The summed E-state index contributed by atoms with van der Waals surface area (Å²) in [6, 6.07) is 22.6. The van der Waals surface area contributed by atoms with Gasteiger partial charge in [-0.2, -0.15) is 0 Å². The molecule has 0 saturated carbocycles. The Kier molecular flexibility index (Phi) is 6.63. The molecule has 4 rings (SSSR count). The second kappa shape index (κ2) is 9.28. The van der Waals surface area contributed by atoms with Crippen molar-refractivity contribution in [2.45, 2.75) is 6.04 Å². The lowest BCUT2D eigenvalue weighted by Gasteiger charge is -2.42. The summed E-state index contributed by atoms with van der Waals surface area (Å²) in [5.41, 5.74) is 3.74. The summed E-state index contributed by atoms with van der Waals surface area (Å²) in [6.07, 6.45) is 1.26. The van der Waals surface area contributed by atoms with Gasteiger partial charge in [-0.25, -0.2) is 8.42 Å². The Morgan fingerprint density at radius 2 is 1.31 bits per heavy atom. The number of nitrogens with zero attached hydrogens (tertiary/aromatic N) is 1. The molecular weight excluding hydrogens is 465 g/mol. The molecule has 7 heteroatoms. The summed E-state index contributed by atoms with van der Waals surface area (Å²) >= 11 is 12.2. The highest BCUT2D eigenvalue weighted by atomic mass is 35.5. The molecule has 1 saturated heterocycles. The molecule has 166 valence electrons. The molecule has 0 amide bonds. The SMILES string of the molecule is COc1ccc(C(=C2CN(C(c3ccc(Cl)cc3)c3ccc(Cl)cc3)C2)S(C)(=O)=O)cc1. The fourth-order valence-corrected chi connectivity index (χ4v) is 5.57. The molecule has 0 bridgehead atoms. The molecule has 0 spiro atoms. The number of hydrogen-bond donors (Lipinski definition) is 0. The molecular formula is C25H23Cl2NO3S. The Morgan fingerprint density at radius 1 is 0.844 bits per heavy atom. The van der Waals surface area contributed by atoms with E-state index in [2.05, 4.69) is 4.90 Å². The maximum Gasteiger partial charge on any atom is 0.176 e. The van der Waals surface area contributed by atoms with E-state index in [9.17, 15) is 8.42 Å². The van der Waals surface area contributed by atoms with E-state index in [1.165, 1.54) is 6.26 Å². The second-order valence-corrected chi connectivity index (χ2v) is 10.7. The highest BCUT2D eigenvalue weighted by molar-refractivity contribution is 8.00. The lowest BCUT2D eigenvalue weighted by Crippen LogP contribution is -2.44. The summed E-state index contributed by atoms with van der Waals surface area (Å²) in [6.45, 7) is 1.09. The van der Waals surface area contributed by atoms with Crippen LogP contribution in [0.1, 0.15) is 22.7 Å². The van der Waals surface area contributed by atoms with E-state index in [0.717, 1.165) is 16.7 Å². The van der Waals surface area contributed by atoms with Crippen LogP contribution in [0.5, 0.6) is 5.75 Å². The average Bonchev–Trinajstić information content (AvgIpc) is 2.74. The third kappa shape index (κ3) is 4.86. The molecule has 0 aromatic heterocycles. The van der Waals surface area contributed by atoms with E-state index < -0.39 is 9.84 Å². The maximum atomic E-state index is 12.7. The van der Waals surface area contributed by atoms with Gasteiger partial charge < -0.3 is 4.74 Å². The summed E-state index contributed by atoms with van der Waals surface area (Å²) in [5, 5.41) is 1.35. The minimum absolute atomic E-state index is 0.0371. The van der Waals surface area contributed by atoms with Crippen molar-refractivity contribution in [3.63, 3.8) is 0 Å². The topological polar surface area (TPSA) is 46.6 Å². The number of benzene rings is 3. The summed E-state index contributed by atoms with van der Waals surface area (Å²) < 4.78 is 30.6. The van der Waals surface area contributed by atoms with Crippen LogP contribution >= 0.6 is 23.2 Å². The van der Waals surface area contributed by atoms with Crippen LogP contribution < -0.4 is 4.74 Å². The molecule has 32 heavy (non-hydrogen) atoms. The van der Waals surface area contributed by atoms with Crippen molar-refractivity contribution >= 4 is 37.9 Å². The van der Waals surface area contributed by atoms with Gasteiger partial charge in [0.05, 0.1) is 18.1 Å². The number of ether oxygens (including phenoxy) is 1. The van der Waals surface area contributed by atoms with Crippen LogP contribution in [-0.2, 0) is 9.84 Å². The van der Waals surface area contributed by atoms with Crippen molar-refractivity contribution in [3.8, 4) is 5.75 Å². The first-order chi connectivity index (χ1) is 15.3. The van der Waals surface area contributed by atoms with E-state index in [-0.39, 0.29) is 6.04 Å². The number of methoxy groups -OCH3 is 1. The van der Waals surface area contributed by atoms with Crippen molar-refractivity contribution in [2.24, 2.45) is 0 Å². The molecule has 0 aliphatic carbocycles. The van der Waals surface area contributed by atoms with E-state index in [1.54, 1.807) is 31.4 Å². The van der Waals surface area contributed by atoms with Gasteiger partial charge in [0.25, 0.3) is 0 Å². The van der Waals surface area contributed by atoms with Crippen LogP contribution in [0.2, 0.25) is 10.0 Å². The standard InChI is InChI=1S/C25H23Cl2NO3S/c1-31-23-13-7-19(8-14-23)25(32(2,29)30)20-15-28(16-20)24(17-3-9-21(26)10-4-17)18-5-11-22(27)12-6-18/h3-14,24H,15-16H2,1-2H3. The number of hydrogen-bond acceptors (Lipinski definition) is 4. The zero-order valence-corrected chi connectivity index (χ0v) is 20.1. The van der Waals surface area contributed by atoms with Gasteiger partial charge in [0.1, 0.15) is 5.75 Å². The summed E-state index contributed by atoms with van der Waals surface area (Å²) in [7, 11) is -1.82. The Morgan fingerprint density at radius 3 is 1.72 bits per heavy atom. The molecule has 0 radical (unpaired) electrons. The molecule has 1 aliphatic heterocycles. The Labute approximate surface area is 199 Å². The minimum atomic E-state index is -3.41. The number of likely N-dealkylation sites (tertiary alicyclic amines) is 1. The monoisotopic (exact) mass is 487 g/mol. The first-order valence-electron chi connectivity index (χ1n) is 10.1. The van der Waals surface area contributed by atoms with Crippen LogP contribution in [-0.4, -0.2) is 39.8 Å². The van der Waals surface area contributed by atoms with Crippen molar-refractivity contribution in [1.29, 1.82) is 0 Å². The molecule has 1 aliphatic rings. The molecule has 0 N–H and O–H groups in total. The zero-order chi connectivity index (χ0) is 22.9. The fraction of sp³-hybridized carbons (Fsp3) is 0.200. The highest BCUT2D eigenvalue weighted by Gasteiger charge is 2.34. The van der Waals surface area contributed by atoms with Gasteiger partial charge in [0.15, 0.2) is 9.84 Å². The first kappa shape index (κ1) is 22.9. The van der Waals surface area contributed by atoms with E-state index in [4.69, 9.17) is 27.9 Å². The lowest BCUT2D eigenvalue weighted by atomic mass is 9.92. The van der Waals surface area contributed by atoms with E-state index in [1.807, 2.05) is 48.5 Å². The summed E-state index contributed by atoms with van der Waals surface area (Å²) in [4.78, 5) is 2.64. The van der Waals surface area contributed by atoms with Gasteiger partial charge in [-0.15, -0.1) is 0 Å². The predicted molar refractivity (Wildman–Crippen MR) is 131 cm³/mol. The normalized spacial score (nSPS) is 14.3. The predicted octanol–water partition coefficient (Wildman–Crippen LogP) is 5.86. The Balaban J connectivity index is 1.70. The molecule has 3 aromatic rings. The van der Waals surface area contributed by atoms with Crippen LogP contribution in [0.4, 0.5) is 0 Å². The number of halogens is 2. The molecule has 1 heterocycles. The maximum absolute atomic E-state index is 12.7. The molecule has 3 aromatic carbocycles. The third-order valence-electron chi connectivity index (χ3n) is 5.57. The largest absolute Gasteiger partial charge is 0.497 e. The minimum Gasteiger partial charge on any atom is -0.497 e. The molecule has 4 nitrogen and oxygen atoms in total. The molecule has 0 atom stereocenters. The third-order valence-corrected chi connectivity index (χ3v) is 7.34. The Hall–Kier alpha value is -2.31. The van der Waals surface area contributed by atoms with Gasteiger partial charge >= 0.3 is 0 Å². The van der Waals surface area contributed by atoms with Crippen LogP contribution in [0.3, 0.4) is 0 Å². The van der Waals surface area contributed by atoms with Crippen LogP contribution in [0, 0.1) is 0 Å². The smallest absolute Gasteiger partial charge is 0.176 e. The van der Waals surface area contributed by atoms with Crippen LogP contribution in [0.15, 0.2) is 78.4 Å². The van der Waals surface area contributed by atoms with Gasteiger partial charge in [0.2, 0.25) is 0 Å².